The molecule has 3 unspecified atom stereocenters. The van der Waals surface area contributed by atoms with Gasteiger partial charge in [0.15, 0.2) is 0 Å². The van der Waals surface area contributed by atoms with Gasteiger partial charge >= 0.3 is 0 Å². The number of amides is 1. The fourth-order valence-corrected chi connectivity index (χ4v) is 3.49. The number of aromatic nitrogens is 1. The first kappa shape index (κ1) is 12.5. The second-order valence-corrected chi connectivity index (χ2v) is 6.00. The maximum Gasteiger partial charge on any atom is 0.251 e. The Morgan fingerprint density at radius 2 is 1.81 bits per heavy atom. The van der Waals surface area contributed by atoms with Gasteiger partial charge in [-0.3, -0.25) is 4.79 Å². The second-order valence-electron chi connectivity index (χ2n) is 6.00. The molecule has 21 heavy (non-hydrogen) atoms. The Hall–Kier alpha value is -2.29. The minimum absolute atomic E-state index is 0.0417. The minimum atomic E-state index is 0.0417. The summed E-state index contributed by atoms with van der Waals surface area (Å²) >= 11 is 0. The van der Waals surface area contributed by atoms with E-state index >= 15 is 0 Å². The van der Waals surface area contributed by atoms with E-state index in [0.717, 1.165) is 17.7 Å². The number of allylic oxidation sites excluding steroid dienone is 1. The molecule has 1 aromatic heterocycles. The standard InChI is InChI=1S/C18H18N2O/c21-18(19-17-12-13-3-4-15(17)11-13)14-5-7-16(8-6-14)20-9-1-2-10-20/h1-10,13,15,17H,11-12H2,(H,19,21). The molecule has 1 heterocycles. The molecule has 2 bridgehead atoms. The fraction of sp³-hybridized carbons (Fsp3) is 0.278. The summed E-state index contributed by atoms with van der Waals surface area (Å²) in [6, 6.07) is 12.1. The van der Waals surface area contributed by atoms with Crippen molar-refractivity contribution in [1.82, 2.24) is 9.88 Å². The summed E-state index contributed by atoms with van der Waals surface area (Å²) < 4.78 is 2.03. The first-order valence-electron chi connectivity index (χ1n) is 7.52. The predicted molar refractivity (Wildman–Crippen MR) is 82.4 cm³/mol. The van der Waals surface area contributed by atoms with Gasteiger partial charge in [0, 0.05) is 29.7 Å². The molecule has 1 N–H and O–H groups in total. The lowest BCUT2D eigenvalue weighted by Crippen LogP contribution is -2.37. The van der Waals surface area contributed by atoms with Crippen LogP contribution in [0.4, 0.5) is 0 Å². The third kappa shape index (κ3) is 2.29. The van der Waals surface area contributed by atoms with Crippen molar-refractivity contribution >= 4 is 5.91 Å². The Bertz CT molecular complexity index is 670. The smallest absolute Gasteiger partial charge is 0.251 e. The number of carbonyl (C=O) groups excluding carboxylic acids is 1. The summed E-state index contributed by atoms with van der Waals surface area (Å²) in [5, 5.41) is 3.18. The van der Waals surface area contributed by atoms with Gasteiger partial charge in [-0.2, -0.15) is 0 Å². The number of carbonyl (C=O) groups is 1. The molecule has 3 nitrogen and oxygen atoms in total. The quantitative estimate of drug-likeness (QED) is 0.860. The molecular weight excluding hydrogens is 260 g/mol. The first-order chi connectivity index (χ1) is 10.3. The SMILES string of the molecule is O=C(NC1CC2C=CC1C2)c1ccc(-n2cccc2)cc1. The molecule has 106 valence electrons. The monoisotopic (exact) mass is 278 g/mol. The molecule has 1 saturated carbocycles. The lowest BCUT2D eigenvalue weighted by molar-refractivity contribution is 0.0931. The Morgan fingerprint density at radius 1 is 1.05 bits per heavy atom. The molecule has 3 atom stereocenters. The van der Waals surface area contributed by atoms with Crippen LogP contribution < -0.4 is 5.32 Å². The van der Waals surface area contributed by atoms with Gasteiger partial charge in [-0.15, -0.1) is 0 Å². The Balaban J connectivity index is 1.46. The van der Waals surface area contributed by atoms with Crippen LogP contribution in [-0.4, -0.2) is 16.5 Å². The van der Waals surface area contributed by atoms with E-state index in [9.17, 15) is 4.79 Å². The normalized spacial score (nSPS) is 26.2. The molecule has 2 aliphatic rings. The van der Waals surface area contributed by atoms with Crippen LogP contribution >= 0.6 is 0 Å². The molecule has 1 aromatic carbocycles. The van der Waals surface area contributed by atoms with Crippen molar-refractivity contribution in [2.24, 2.45) is 11.8 Å². The van der Waals surface area contributed by atoms with E-state index in [4.69, 9.17) is 0 Å². The molecule has 1 fully saturated rings. The fourth-order valence-electron chi connectivity index (χ4n) is 3.49. The van der Waals surface area contributed by atoms with Crippen molar-refractivity contribution in [3.63, 3.8) is 0 Å². The number of rotatable bonds is 3. The molecule has 3 heteroatoms. The summed E-state index contributed by atoms with van der Waals surface area (Å²) in [6.07, 6.45) is 10.8. The van der Waals surface area contributed by atoms with Crippen LogP contribution in [0, 0.1) is 11.8 Å². The van der Waals surface area contributed by atoms with Gasteiger partial charge in [0.05, 0.1) is 0 Å². The lowest BCUT2D eigenvalue weighted by Gasteiger charge is -2.19. The van der Waals surface area contributed by atoms with Crippen molar-refractivity contribution in [3.8, 4) is 5.69 Å². The summed E-state index contributed by atoms with van der Waals surface area (Å²) in [5.74, 6) is 1.26. The van der Waals surface area contributed by atoms with E-state index < -0.39 is 0 Å². The average Bonchev–Trinajstić information content (AvgIpc) is 3.25. The predicted octanol–water partition coefficient (Wildman–Crippen LogP) is 3.17. The van der Waals surface area contributed by atoms with Crippen LogP contribution in [0.5, 0.6) is 0 Å². The summed E-state index contributed by atoms with van der Waals surface area (Å²) in [7, 11) is 0. The average molecular weight is 278 g/mol. The Labute approximate surface area is 124 Å². The highest BCUT2D eigenvalue weighted by Gasteiger charge is 2.36. The zero-order valence-corrected chi connectivity index (χ0v) is 11.8. The molecular formula is C18H18N2O. The zero-order chi connectivity index (χ0) is 14.2. The van der Waals surface area contributed by atoms with Crippen molar-refractivity contribution < 1.29 is 4.79 Å². The van der Waals surface area contributed by atoms with Crippen LogP contribution in [-0.2, 0) is 0 Å². The van der Waals surface area contributed by atoms with Crippen LogP contribution in [0.25, 0.3) is 5.69 Å². The molecule has 4 rings (SSSR count). The summed E-state index contributed by atoms with van der Waals surface area (Å²) in [5.41, 5.74) is 1.80. The molecule has 1 amide bonds. The molecule has 0 spiro atoms. The van der Waals surface area contributed by atoms with Crippen LogP contribution in [0.15, 0.2) is 60.9 Å². The van der Waals surface area contributed by atoms with Gasteiger partial charge in [-0.05, 0) is 61.1 Å². The summed E-state index contributed by atoms with van der Waals surface area (Å²) in [6.45, 7) is 0. The van der Waals surface area contributed by atoms with Gasteiger partial charge in [-0.1, -0.05) is 12.2 Å². The molecule has 0 saturated heterocycles. The topological polar surface area (TPSA) is 34.0 Å². The highest BCUT2D eigenvalue weighted by molar-refractivity contribution is 5.94. The minimum Gasteiger partial charge on any atom is -0.349 e. The van der Waals surface area contributed by atoms with Gasteiger partial charge in [-0.25, -0.2) is 0 Å². The number of nitrogens with zero attached hydrogens (tertiary/aromatic N) is 1. The van der Waals surface area contributed by atoms with Crippen molar-refractivity contribution in [3.05, 3.63) is 66.5 Å². The Kier molecular flexibility index (Phi) is 2.92. The number of hydrogen-bond donors (Lipinski definition) is 1. The van der Waals surface area contributed by atoms with E-state index in [0.29, 0.717) is 17.9 Å². The molecule has 2 aromatic rings. The molecule has 0 radical (unpaired) electrons. The van der Waals surface area contributed by atoms with Crippen molar-refractivity contribution in [1.29, 1.82) is 0 Å². The van der Waals surface area contributed by atoms with Gasteiger partial charge < -0.3 is 9.88 Å². The van der Waals surface area contributed by atoms with Crippen LogP contribution in [0.3, 0.4) is 0 Å². The number of fused-ring (bicyclic) bond motifs is 2. The molecule has 2 aliphatic carbocycles. The largest absolute Gasteiger partial charge is 0.349 e. The number of hydrogen-bond acceptors (Lipinski definition) is 1. The summed E-state index contributed by atoms with van der Waals surface area (Å²) in [4.78, 5) is 12.3. The first-order valence-corrected chi connectivity index (χ1v) is 7.52. The molecule has 0 aliphatic heterocycles. The van der Waals surface area contributed by atoms with E-state index in [1.165, 1.54) is 6.42 Å². The van der Waals surface area contributed by atoms with Crippen LogP contribution in [0.1, 0.15) is 23.2 Å². The maximum atomic E-state index is 12.3. The second kappa shape index (κ2) is 4.92. The van der Waals surface area contributed by atoms with E-state index in [2.05, 4.69) is 17.5 Å². The van der Waals surface area contributed by atoms with E-state index in [-0.39, 0.29) is 5.91 Å². The zero-order valence-electron chi connectivity index (χ0n) is 11.8. The van der Waals surface area contributed by atoms with E-state index in [1.807, 2.05) is 53.4 Å². The van der Waals surface area contributed by atoms with Gasteiger partial charge in [0.25, 0.3) is 5.91 Å². The third-order valence-corrected chi connectivity index (χ3v) is 4.63. The highest BCUT2D eigenvalue weighted by Crippen LogP contribution is 2.39. The lowest BCUT2D eigenvalue weighted by atomic mass is 10.0. The van der Waals surface area contributed by atoms with Gasteiger partial charge in [0.2, 0.25) is 0 Å². The van der Waals surface area contributed by atoms with Crippen LogP contribution in [0.2, 0.25) is 0 Å². The third-order valence-electron chi connectivity index (χ3n) is 4.63. The number of nitrogens with one attached hydrogen (secondary N) is 1. The Morgan fingerprint density at radius 3 is 2.43 bits per heavy atom. The van der Waals surface area contributed by atoms with E-state index in [1.54, 1.807) is 0 Å². The van der Waals surface area contributed by atoms with Gasteiger partial charge in [0.1, 0.15) is 0 Å². The highest BCUT2D eigenvalue weighted by atomic mass is 16.1. The van der Waals surface area contributed by atoms with Crippen molar-refractivity contribution in [2.45, 2.75) is 18.9 Å². The maximum absolute atomic E-state index is 12.3. The van der Waals surface area contributed by atoms with Crippen molar-refractivity contribution in [2.75, 3.05) is 0 Å². The number of benzene rings is 1.